The molecule has 1 N–H and O–H groups in total. The molecular weight excluding hydrogens is 260 g/mol. The molecule has 5 heteroatoms. The maximum atomic E-state index is 11.1. The Morgan fingerprint density at radius 2 is 2.26 bits per heavy atom. The smallest absolute Gasteiger partial charge is 0.320 e. The van der Waals surface area contributed by atoms with Crippen LogP contribution in [0.25, 0.3) is 0 Å². The highest BCUT2D eigenvalue weighted by Gasteiger charge is 2.29. The summed E-state index contributed by atoms with van der Waals surface area (Å²) in [7, 11) is 0. The summed E-state index contributed by atoms with van der Waals surface area (Å²) in [5, 5.41) is 12.4. The molecule has 0 saturated carbocycles. The van der Waals surface area contributed by atoms with Crippen LogP contribution in [0.2, 0.25) is 0 Å². The van der Waals surface area contributed by atoms with E-state index in [0.29, 0.717) is 11.8 Å². The summed E-state index contributed by atoms with van der Waals surface area (Å²) in [4.78, 5) is 17.9. The lowest BCUT2D eigenvalue weighted by Crippen LogP contribution is -2.44. The van der Waals surface area contributed by atoms with Gasteiger partial charge >= 0.3 is 5.97 Å². The maximum Gasteiger partial charge on any atom is 0.320 e. The predicted molar refractivity (Wildman–Crippen MR) is 76.8 cm³/mol. The summed E-state index contributed by atoms with van der Waals surface area (Å²) in [5.74, 6) is 0.123. The van der Waals surface area contributed by atoms with E-state index in [2.05, 4.69) is 24.1 Å². The Kier molecular flexibility index (Phi) is 4.58. The first-order valence-corrected chi connectivity index (χ1v) is 7.79. The number of aromatic nitrogens is 1. The molecule has 1 aliphatic rings. The van der Waals surface area contributed by atoms with Crippen molar-refractivity contribution in [3.05, 3.63) is 16.1 Å². The van der Waals surface area contributed by atoms with Crippen LogP contribution < -0.4 is 0 Å². The van der Waals surface area contributed by atoms with Crippen LogP contribution in [0.15, 0.2) is 5.38 Å². The molecular formula is C14H22N2O2S. The molecule has 106 valence electrons. The van der Waals surface area contributed by atoms with E-state index in [0.717, 1.165) is 31.6 Å². The first-order chi connectivity index (χ1) is 8.99. The number of rotatable bonds is 4. The molecule has 2 unspecified atom stereocenters. The number of carboxylic acids is 1. The van der Waals surface area contributed by atoms with Crippen LogP contribution in [0, 0.1) is 0 Å². The zero-order chi connectivity index (χ0) is 14.0. The largest absolute Gasteiger partial charge is 0.480 e. The second-order valence-corrected chi connectivity index (χ2v) is 6.50. The van der Waals surface area contributed by atoms with E-state index in [9.17, 15) is 4.79 Å². The molecule has 0 aromatic carbocycles. The number of piperidine rings is 1. The van der Waals surface area contributed by atoms with E-state index in [4.69, 9.17) is 10.1 Å². The van der Waals surface area contributed by atoms with Gasteiger partial charge in [0.25, 0.3) is 0 Å². The molecule has 1 aliphatic heterocycles. The quantitative estimate of drug-likeness (QED) is 0.922. The topological polar surface area (TPSA) is 53.4 Å². The Bertz CT molecular complexity index is 444. The van der Waals surface area contributed by atoms with E-state index >= 15 is 0 Å². The van der Waals surface area contributed by atoms with Crippen LogP contribution >= 0.6 is 11.3 Å². The minimum absolute atomic E-state index is 0.396. The van der Waals surface area contributed by atoms with Crippen LogP contribution in [0.5, 0.6) is 0 Å². The number of carboxylic acid groups (broad SMARTS) is 1. The van der Waals surface area contributed by atoms with Crippen molar-refractivity contribution < 1.29 is 9.90 Å². The van der Waals surface area contributed by atoms with Crippen LogP contribution in [-0.4, -0.2) is 40.1 Å². The zero-order valence-electron chi connectivity index (χ0n) is 11.8. The van der Waals surface area contributed by atoms with E-state index in [1.807, 2.05) is 0 Å². The van der Waals surface area contributed by atoms with Gasteiger partial charge < -0.3 is 5.11 Å². The van der Waals surface area contributed by atoms with Crippen molar-refractivity contribution in [2.45, 2.75) is 51.5 Å². The van der Waals surface area contributed by atoms with Gasteiger partial charge in [0.1, 0.15) is 6.04 Å². The summed E-state index contributed by atoms with van der Waals surface area (Å²) in [6, 6.07) is -0.396. The summed E-state index contributed by atoms with van der Waals surface area (Å²) >= 11 is 1.72. The fourth-order valence-electron chi connectivity index (χ4n) is 2.47. The summed E-state index contributed by atoms with van der Waals surface area (Å²) < 4.78 is 0. The lowest BCUT2D eigenvalue weighted by molar-refractivity contribution is -0.143. The first kappa shape index (κ1) is 14.5. The molecule has 2 rings (SSSR count). The predicted octanol–water partition coefficient (Wildman–Crippen LogP) is 2.92. The minimum Gasteiger partial charge on any atom is -0.480 e. The van der Waals surface area contributed by atoms with E-state index in [1.165, 1.54) is 5.01 Å². The highest BCUT2D eigenvalue weighted by Crippen LogP contribution is 2.31. The number of hydrogen-bond donors (Lipinski definition) is 1. The Balaban J connectivity index is 2.06. The SMILES string of the molecule is CC(C)c1csc(C2CCCN(C(C)C(=O)O)C2)n1. The van der Waals surface area contributed by atoms with E-state index in [-0.39, 0.29) is 0 Å². The van der Waals surface area contributed by atoms with Gasteiger partial charge in [-0.3, -0.25) is 9.69 Å². The highest BCUT2D eigenvalue weighted by atomic mass is 32.1. The van der Waals surface area contributed by atoms with Gasteiger partial charge in [0.05, 0.1) is 10.7 Å². The average molecular weight is 282 g/mol. The molecule has 19 heavy (non-hydrogen) atoms. The van der Waals surface area contributed by atoms with Crippen molar-refractivity contribution in [2.24, 2.45) is 0 Å². The minimum atomic E-state index is -0.734. The third kappa shape index (κ3) is 3.34. The standard InChI is InChI=1S/C14H22N2O2S/c1-9(2)12-8-19-13(15-12)11-5-4-6-16(7-11)10(3)14(17)18/h8-11H,4-7H2,1-3H3,(H,17,18). The molecule has 0 bridgehead atoms. The van der Waals surface area contributed by atoms with Gasteiger partial charge in [-0.1, -0.05) is 13.8 Å². The molecule has 2 atom stereocenters. The first-order valence-electron chi connectivity index (χ1n) is 6.91. The summed E-state index contributed by atoms with van der Waals surface area (Å²) in [6.45, 7) is 7.77. The van der Waals surface area contributed by atoms with Gasteiger partial charge in [0, 0.05) is 17.8 Å². The van der Waals surface area contributed by atoms with Crippen molar-refractivity contribution in [1.29, 1.82) is 0 Å². The number of likely N-dealkylation sites (tertiary alicyclic amines) is 1. The number of hydrogen-bond acceptors (Lipinski definition) is 4. The molecule has 1 aromatic heterocycles. The molecule has 1 fully saturated rings. The Morgan fingerprint density at radius 3 is 2.84 bits per heavy atom. The fraction of sp³-hybridized carbons (Fsp3) is 0.714. The molecule has 1 saturated heterocycles. The third-order valence-corrected chi connectivity index (χ3v) is 4.86. The molecule has 0 amide bonds. The normalized spacial score (nSPS) is 22.6. The Morgan fingerprint density at radius 1 is 1.53 bits per heavy atom. The lowest BCUT2D eigenvalue weighted by atomic mass is 9.97. The van der Waals surface area contributed by atoms with Crippen LogP contribution in [0.3, 0.4) is 0 Å². The van der Waals surface area contributed by atoms with Gasteiger partial charge in [-0.2, -0.15) is 0 Å². The maximum absolute atomic E-state index is 11.1. The number of nitrogens with zero attached hydrogens (tertiary/aromatic N) is 2. The molecule has 4 nitrogen and oxygen atoms in total. The third-order valence-electron chi connectivity index (χ3n) is 3.84. The molecule has 2 heterocycles. The van der Waals surface area contributed by atoms with Crippen LogP contribution in [-0.2, 0) is 4.79 Å². The van der Waals surface area contributed by atoms with Crippen molar-refractivity contribution in [3.8, 4) is 0 Å². The van der Waals surface area contributed by atoms with Crippen molar-refractivity contribution in [2.75, 3.05) is 13.1 Å². The van der Waals surface area contributed by atoms with Gasteiger partial charge in [-0.05, 0) is 32.2 Å². The number of carbonyl (C=O) groups is 1. The second-order valence-electron chi connectivity index (χ2n) is 5.61. The Labute approximate surface area is 118 Å². The van der Waals surface area contributed by atoms with Crippen LogP contribution in [0.4, 0.5) is 0 Å². The van der Waals surface area contributed by atoms with E-state index in [1.54, 1.807) is 18.3 Å². The van der Waals surface area contributed by atoms with Crippen molar-refractivity contribution in [1.82, 2.24) is 9.88 Å². The monoisotopic (exact) mass is 282 g/mol. The summed E-state index contributed by atoms with van der Waals surface area (Å²) in [6.07, 6.45) is 2.17. The number of aliphatic carboxylic acids is 1. The van der Waals surface area contributed by atoms with Crippen molar-refractivity contribution >= 4 is 17.3 Å². The molecule has 1 aromatic rings. The number of thiazole rings is 1. The zero-order valence-corrected chi connectivity index (χ0v) is 12.6. The molecule has 0 spiro atoms. The van der Waals surface area contributed by atoms with E-state index < -0.39 is 12.0 Å². The van der Waals surface area contributed by atoms with Crippen molar-refractivity contribution in [3.63, 3.8) is 0 Å². The molecule has 0 aliphatic carbocycles. The average Bonchev–Trinajstić information content (AvgIpc) is 2.87. The fourth-order valence-corrected chi connectivity index (χ4v) is 3.58. The Hall–Kier alpha value is -0.940. The second kappa shape index (κ2) is 6.01. The van der Waals surface area contributed by atoms with Gasteiger partial charge in [-0.15, -0.1) is 11.3 Å². The van der Waals surface area contributed by atoms with Crippen LogP contribution in [0.1, 0.15) is 56.2 Å². The molecule has 0 radical (unpaired) electrons. The van der Waals surface area contributed by atoms with Gasteiger partial charge in [-0.25, -0.2) is 4.98 Å². The lowest BCUT2D eigenvalue weighted by Gasteiger charge is -2.34. The summed E-state index contributed by atoms with van der Waals surface area (Å²) in [5.41, 5.74) is 1.16. The van der Waals surface area contributed by atoms with Gasteiger partial charge in [0.2, 0.25) is 0 Å². The highest BCUT2D eigenvalue weighted by molar-refractivity contribution is 7.09. The van der Waals surface area contributed by atoms with Gasteiger partial charge in [0.15, 0.2) is 0 Å².